The van der Waals surface area contributed by atoms with Crippen molar-refractivity contribution in [1.82, 2.24) is 10.3 Å². The highest BCUT2D eigenvalue weighted by atomic mass is 32.1. The summed E-state index contributed by atoms with van der Waals surface area (Å²) in [5.41, 5.74) is 0.950. The average Bonchev–Trinajstić information content (AvgIpc) is 3.09. The maximum Gasteiger partial charge on any atom is 0.261 e. The maximum atomic E-state index is 12.0. The topological polar surface area (TPSA) is 71.1 Å². The number of rotatable bonds is 5. The van der Waals surface area contributed by atoms with Crippen LogP contribution in [0.4, 0.5) is 5.13 Å². The average molecular weight is 323 g/mol. The third-order valence-corrected chi connectivity index (χ3v) is 4.47. The first-order valence-corrected chi connectivity index (χ1v) is 8.34. The summed E-state index contributed by atoms with van der Waals surface area (Å²) in [4.78, 5) is 28.8. The molecule has 2 N–H and O–H groups in total. The Balaban J connectivity index is 1.91. The summed E-state index contributed by atoms with van der Waals surface area (Å²) in [6, 6.07) is 2.90. The molecule has 1 atom stereocenters. The molecule has 5 nitrogen and oxygen atoms in total. The van der Waals surface area contributed by atoms with Crippen LogP contribution in [-0.2, 0) is 4.79 Å². The van der Waals surface area contributed by atoms with Gasteiger partial charge in [0.05, 0.1) is 10.6 Å². The molecule has 0 aliphatic heterocycles. The normalized spacial score (nSPS) is 12.2. The molecule has 1 unspecified atom stereocenters. The third kappa shape index (κ3) is 4.12. The van der Waals surface area contributed by atoms with Gasteiger partial charge in [0, 0.05) is 5.38 Å². The number of thiophene rings is 1. The minimum atomic E-state index is -0.619. The highest BCUT2D eigenvalue weighted by Gasteiger charge is 2.18. The number of carbonyl (C=O) groups is 2. The lowest BCUT2D eigenvalue weighted by Gasteiger charge is -2.12. The standard InChI is InChI=1S/C14H17N3O2S2/c1-8(2)10-7-21-14(16-10)17-12(18)9(3)15-13(19)11-5-4-6-20-11/h4-9H,1-3H3,(H,15,19)(H,16,17,18). The number of amides is 2. The highest BCUT2D eigenvalue weighted by molar-refractivity contribution is 7.14. The summed E-state index contributed by atoms with van der Waals surface area (Å²) in [5, 5.41) is 9.70. The molecular formula is C14H17N3O2S2. The van der Waals surface area contributed by atoms with Gasteiger partial charge in [0.1, 0.15) is 6.04 Å². The zero-order valence-electron chi connectivity index (χ0n) is 12.0. The van der Waals surface area contributed by atoms with Gasteiger partial charge in [0.25, 0.3) is 5.91 Å². The zero-order chi connectivity index (χ0) is 15.4. The summed E-state index contributed by atoms with van der Waals surface area (Å²) >= 11 is 2.73. The molecule has 21 heavy (non-hydrogen) atoms. The van der Waals surface area contributed by atoms with Crippen LogP contribution in [-0.4, -0.2) is 22.8 Å². The van der Waals surface area contributed by atoms with Crippen LogP contribution in [0.15, 0.2) is 22.9 Å². The largest absolute Gasteiger partial charge is 0.340 e. The van der Waals surface area contributed by atoms with Gasteiger partial charge in [-0.2, -0.15) is 0 Å². The molecular weight excluding hydrogens is 306 g/mol. The van der Waals surface area contributed by atoms with Crippen molar-refractivity contribution in [1.29, 1.82) is 0 Å². The molecule has 2 aromatic rings. The Morgan fingerprint density at radius 3 is 2.57 bits per heavy atom. The fourth-order valence-electron chi connectivity index (χ4n) is 1.56. The quantitative estimate of drug-likeness (QED) is 0.888. The van der Waals surface area contributed by atoms with E-state index in [1.807, 2.05) is 24.6 Å². The van der Waals surface area contributed by atoms with E-state index in [9.17, 15) is 9.59 Å². The van der Waals surface area contributed by atoms with Crippen molar-refractivity contribution in [2.45, 2.75) is 32.7 Å². The number of anilines is 1. The van der Waals surface area contributed by atoms with Gasteiger partial charge in [-0.1, -0.05) is 19.9 Å². The Bertz CT molecular complexity index is 620. The van der Waals surface area contributed by atoms with Gasteiger partial charge in [0.2, 0.25) is 5.91 Å². The lowest BCUT2D eigenvalue weighted by Crippen LogP contribution is -2.41. The summed E-state index contributed by atoms with van der Waals surface area (Å²) in [7, 11) is 0. The molecule has 0 aliphatic rings. The Morgan fingerprint density at radius 2 is 2.00 bits per heavy atom. The molecule has 2 aromatic heterocycles. The minimum Gasteiger partial charge on any atom is -0.340 e. The van der Waals surface area contributed by atoms with Crippen molar-refractivity contribution >= 4 is 39.6 Å². The second-order valence-corrected chi connectivity index (χ2v) is 6.70. The van der Waals surface area contributed by atoms with Crippen molar-refractivity contribution in [3.63, 3.8) is 0 Å². The summed E-state index contributed by atoms with van der Waals surface area (Å²) in [5.74, 6) is -0.193. The summed E-state index contributed by atoms with van der Waals surface area (Å²) in [6.45, 7) is 5.74. The van der Waals surface area contributed by atoms with Gasteiger partial charge in [-0.25, -0.2) is 4.98 Å². The molecule has 0 aliphatic carbocycles. The fraction of sp³-hybridized carbons (Fsp3) is 0.357. The monoisotopic (exact) mass is 323 g/mol. The number of nitrogens with zero attached hydrogens (tertiary/aromatic N) is 1. The van der Waals surface area contributed by atoms with Crippen LogP contribution in [0.2, 0.25) is 0 Å². The molecule has 0 fully saturated rings. The molecule has 2 rings (SSSR count). The Kier molecular flexibility index (Phi) is 5.08. The van der Waals surface area contributed by atoms with Crippen molar-refractivity contribution in [2.24, 2.45) is 0 Å². The summed E-state index contributed by atoms with van der Waals surface area (Å²) in [6.07, 6.45) is 0. The first-order valence-electron chi connectivity index (χ1n) is 6.58. The van der Waals surface area contributed by atoms with Crippen molar-refractivity contribution in [3.8, 4) is 0 Å². The Hall–Kier alpha value is -1.73. The van der Waals surface area contributed by atoms with E-state index in [1.165, 1.54) is 22.7 Å². The van der Waals surface area contributed by atoms with Crippen LogP contribution in [0.25, 0.3) is 0 Å². The number of hydrogen-bond acceptors (Lipinski definition) is 5. The van der Waals surface area contributed by atoms with E-state index in [1.54, 1.807) is 19.1 Å². The molecule has 2 heterocycles. The van der Waals surface area contributed by atoms with Gasteiger partial charge in [-0.05, 0) is 24.3 Å². The van der Waals surface area contributed by atoms with E-state index in [0.29, 0.717) is 15.9 Å². The Labute approximate surface area is 131 Å². The van der Waals surface area contributed by atoms with Crippen LogP contribution in [0.5, 0.6) is 0 Å². The molecule has 112 valence electrons. The van der Waals surface area contributed by atoms with Crippen molar-refractivity contribution in [2.75, 3.05) is 5.32 Å². The van der Waals surface area contributed by atoms with Crippen LogP contribution < -0.4 is 10.6 Å². The number of aromatic nitrogens is 1. The van der Waals surface area contributed by atoms with E-state index in [2.05, 4.69) is 15.6 Å². The van der Waals surface area contributed by atoms with Gasteiger partial charge in [0.15, 0.2) is 5.13 Å². The summed E-state index contributed by atoms with van der Waals surface area (Å²) < 4.78 is 0. The number of carbonyl (C=O) groups excluding carboxylic acids is 2. The van der Waals surface area contributed by atoms with E-state index >= 15 is 0 Å². The smallest absolute Gasteiger partial charge is 0.261 e. The number of nitrogens with one attached hydrogen (secondary N) is 2. The maximum absolute atomic E-state index is 12.0. The van der Waals surface area contributed by atoms with Crippen LogP contribution in [0.3, 0.4) is 0 Å². The SMILES string of the molecule is CC(NC(=O)c1cccs1)C(=O)Nc1nc(C(C)C)cs1. The number of thiazole rings is 1. The minimum absolute atomic E-state index is 0.241. The molecule has 0 radical (unpaired) electrons. The predicted octanol–water partition coefficient (Wildman–Crippen LogP) is 3.09. The van der Waals surface area contributed by atoms with Crippen LogP contribution in [0, 0.1) is 0 Å². The van der Waals surface area contributed by atoms with Crippen molar-refractivity contribution in [3.05, 3.63) is 33.5 Å². The van der Waals surface area contributed by atoms with E-state index < -0.39 is 6.04 Å². The first-order chi connectivity index (χ1) is 9.97. The lowest BCUT2D eigenvalue weighted by atomic mass is 10.2. The lowest BCUT2D eigenvalue weighted by molar-refractivity contribution is -0.117. The second-order valence-electron chi connectivity index (χ2n) is 4.89. The van der Waals surface area contributed by atoms with E-state index in [-0.39, 0.29) is 11.8 Å². The fourth-order valence-corrected chi connectivity index (χ4v) is 3.07. The van der Waals surface area contributed by atoms with Crippen LogP contribution >= 0.6 is 22.7 Å². The van der Waals surface area contributed by atoms with Gasteiger partial charge < -0.3 is 10.6 Å². The number of hydrogen-bond donors (Lipinski definition) is 2. The van der Waals surface area contributed by atoms with Gasteiger partial charge in [-0.15, -0.1) is 22.7 Å². The first kappa shape index (κ1) is 15.7. The zero-order valence-corrected chi connectivity index (χ0v) is 13.7. The van der Waals surface area contributed by atoms with Gasteiger partial charge >= 0.3 is 0 Å². The third-order valence-electron chi connectivity index (χ3n) is 2.83. The molecule has 0 bridgehead atoms. The molecule has 0 saturated heterocycles. The van der Waals surface area contributed by atoms with Gasteiger partial charge in [-0.3, -0.25) is 9.59 Å². The molecule has 0 spiro atoms. The van der Waals surface area contributed by atoms with Crippen LogP contribution in [0.1, 0.15) is 42.1 Å². The molecule has 0 aromatic carbocycles. The molecule has 2 amide bonds. The van der Waals surface area contributed by atoms with E-state index in [4.69, 9.17) is 0 Å². The molecule has 0 saturated carbocycles. The van der Waals surface area contributed by atoms with Crippen molar-refractivity contribution < 1.29 is 9.59 Å². The Morgan fingerprint density at radius 1 is 1.24 bits per heavy atom. The second kappa shape index (κ2) is 6.82. The van der Waals surface area contributed by atoms with E-state index in [0.717, 1.165) is 5.69 Å². The predicted molar refractivity (Wildman–Crippen MR) is 86.1 cm³/mol. The molecule has 7 heteroatoms. The highest BCUT2D eigenvalue weighted by Crippen LogP contribution is 2.21.